The molecule has 0 aliphatic carbocycles. The molecule has 1 heterocycles. The Labute approximate surface area is 102 Å². The Balaban J connectivity index is 2.24. The molecule has 0 saturated carbocycles. The van der Waals surface area contributed by atoms with Crippen LogP contribution in [0, 0.1) is 6.92 Å². The molecule has 82 valence electrons. The predicted molar refractivity (Wildman–Crippen MR) is 65.5 cm³/mol. The zero-order valence-electron chi connectivity index (χ0n) is 8.83. The van der Waals surface area contributed by atoms with Crippen molar-refractivity contribution >= 4 is 21.7 Å². The molecule has 0 amide bonds. The Kier molecular flexibility index (Phi) is 3.19. The zero-order valence-corrected chi connectivity index (χ0v) is 10.4. The topological polar surface area (TPSA) is 45.8 Å². The van der Waals surface area contributed by atoms with Gasteiger partial charge in [-0.3, -0.25) is 4.79 Å². The maximum Gasteiger partial charge on any atom is 0.171 e. The van der Waals surface area contributed by atoms with Crippen molar-refractivity contribution in [3.8, 4) is 0 Å². The smallest absolute Gasteiger partial charge is 0.171 e. The minimum absolute atomic E-state index is 0.0607. The number of aromatic nitrogens is 2. The van der Waals surface area contributed by atoms with Crippen molar-refractivity contribution in [3.63, 3.8) is 0 Å². The van der Waals surface area contributed by atoms with Gasteiger partial charge in [-0.2, -0.15) is 0 Å². The van der Waals surface area contributed by atoms with Crippen LogP contribution in [0.25, 0.3) is 0 Å². The van der Waals surface area contributed by atoms with E-state index in [1.165, 1.54) is 0 Å². The number of hydrogen-bond acceptors (Lipinski definition) is 2. The van der Waals surface area contributed by atoms with E-state index >= 15 is 0 Å². The van der Waals surface area contributed by atoms with E-state index in [2.05, 4.69) is 25.9 Å². The van der Waals surface area contributed by atoms with E-state index in [0.717, 1.165) is 10.0 Å². The summed E-state index contributed by atoms with van der Waals surface area (Å²) in [6, 6.07) is 5.74. The highest BCUT2D eigenvalue weighted by Gasteiger charge is 2.11. The lowest BCUT2D eigenvalue weighted by atomic mass is 10.1. The molecule has 1 aromatic heterocycles. The minimum Gasteiger partial charge on any atom is -0.348 e. The summed E-state index contributed by atoms with van der Waals surface area (Å²) >= 11 is 3.38. The molecule has 2 rings (SSSR count). The van der Waals surface area contributed by atoms with Crippen LogP contribution in [0.1, 0.15) is 21.7 Å². The first-order valence-corrected chi connectivity index (χ1v) is 5.74. The van der Waals surface area contributed by atoms with Crippen LogP contribution < -0.4 is 0 Å². The Morgan fingerprint density at radius 1 is 1.50 bits per heavy atom. The molecule has 0 saturated heterocycles. The molecule has 0 aliphatic rings. The van der Waals surface area contributed by atoms with Gasteiger partial charge in [0.25, 0.3) is 0 Å². The summed E-state index contributed by atoms with van der Waals surface area (Å²) in [5, 5.41) is 0. The molecule has 0 unspecified atom stereocenters. The Morgan fingerprint density at radius 2 is 2.31 bits per heavy atom. The number of nitrogens with zero attached hydrogens (tertiary/aromatic N) is 1. The second-order valence-corrected chi connectivity index (χ2v) is 4.47. The Bertz CT molecular complexity index is 506. The van der Waals surface area contributed by atoms with Crippen LogP contribution in [0.4, 0.5) is 0 Å². The maximum absolute atomic E-state index is 12.0. The predicted octanol–water partition coefficient (Wildman–Crippen LogP) is 2.91. The van der Waals surface area contributed by atoms with Gasteiger partial charge in [0.2, 0.25) is 0 Å². The van der Waals surface area contributed by atoms with Gasteiger partial charge in [-0.25, -0.2) is 4.98 Å². The molecular weight excluding hydrogens is 268 g/mol. The van der Waals surface area contributed by atoms with Crippen LogP contribution in [0.3, 0.4) is 0 Å². The normalized spacial score (nSPS) is 10.4. The maximum atomic E-state index is 12.0. The van der Waals surface area contributed by atoms with E-state index in [1.807, 2.05) is 25.1 Å². The lowest BCUT2D eigenvalue weighted by molar-refractivity contribution is 0.0990. The molecule has 16 heavy (non-hydrogen) atoms. The third-order valence-corrected chi connectivity index (χ3v) is 3.00. The van der Waals surface area contributed by atoms with Crippen molar-refractivity contribution in [3.05, 3.63) is 52.0 Å². The van der Waals surface area contributed by atoms with Gasteiger partial charge in [-0.05, 0) is 19.1 Å². The monoisotopic (exact) mass is 278 g/mol. The number of carbonyl (C=O) groups is 1. The minimum atomic E-state index is 0.0607. The molecule has 0 bridgehead atoms. The van der Waals surface area contributed by atoms with Crippen molar-refractivity contribution in [2.24, 2.45) is 0 Å². The summed E-state index contributed by atoms with van der Waals surface area (Å²) in [4.78, 5) is 19.0. The molecule has 3 nitrogen and oxygen atoms in total. The molecule has 0 radical (unpaired) electrons. The number of Topliss-reactive ketones (excluding diaryl/α,β-unsaturated/α-hetero) is 1. The summed E-state index contributed by atoms with van der Waals surface area (Å²) in [6.45, 7) is 1.97. The number of aryl methyl sites for hydroxylation is 1. The van der Waals surface area contributed by atoms with Crippen LogP contribution in [0.2, 0.25) is 0 Å². The molecule has 0 atom stereocenters. The van der Waals surface area contributed by atoms with E-state index < -0.39 is 0 Å². The first-order chi connectivity index (χ1) is 7.66. The second kappa shape index (κ2) is 4.61. The molecule has 0 aliphatic heterocycles. The van der Waals surface area contributed by atoms with Crippen molar-refractivity contribution < 1.29 is 4.79 Å². The largest absolute Gasteiger partial charge is 0.348 e. The van der Waals surface area contributed by atoms with Crippen LogP contribution in [-0.2, 0) is 6.42 Å². The van der Waals surface area contributed by atoms with Gasteiger partial charge in [0.15, 0.2) is 5.78 Å². The van der Waals surface area contributed by atoms with Crippen molar-refractivity contribution in [2.75, 3.05) is 0 Å². The average Bonchev–Trinajstić information content (AvgIpc) is 2.74. The molecule has 0 fully saturated rings. The van der Waals surface area contributed by atoms with Crippen LogP contribution >= 0.6 is 15.9 Å². The highest BCUT2D eigenvalue weighted by Crippen LogP contribution is 2.19. The molecule has 1 aromatic carbocycles. The summed E-state index contributed by atoms with van der Waals surface area (Å²) < 4.78 is 0.828. The lowest BCUT2D eigenvalue weighted by Crippen LogP contribution is -2.06. The Morgan fingerprint density at radius 3 is 3.00 bits per heavy atom. The van der Waals surface area contributed by atoms with Crippen molar-refractivity contribution in [1.29, 1.82) is 0 Å². The molecular formula is C12H11BrN2O. The third kappa shape index (κ3) is 2.39. The van der Waals surface area contributed by atoms with Gasteiger partial charge in [0.1, 0.15) is 5.82 Å². The van der Waals surface area contributed by atoms with Gasteiger partial charge in [0.05, 0.1) is 6.42 Å². The van der Waals surface area contributed by atoms with Gasteiger partial charge in [-0.1, -0.05) is 27.6 Å². The molecule has 1 N–H and O–H groups in total. The number of ketones is 1. The number of imidazole rings is 1. The fraction of sp³-hybridized carbons (Fsp3) is 0.167. The van der Waals surface area contributed by atoms with Crippen LogP contribution in [0.5, 0.6) is 0 Å². The highest BCUT2D eigenvalue weighted by molar-refractivity contribution is 9.10. The number of nitrogens with one attached hydrogen (secondary N) is 1. The summed E-state index contributed by atoms with van der Waals surface area (Å²) in [6.07, 6.45) is 3.66. The van der Waals surface area contributed by atoms with Gasteiger partial charge >= 0.3 is 0 Å². The van der Waals surface area contributed by atoms with E-state index in [9.17, 15) is 4.79 Å². The molecule has 0 spiro atoms. The highest BCUT2D eigenvalue weighted by atomic mass is 79.9. The van der Waals surface area contributed by atoms with E-state index in [-0.39, 0.29) is 5.78 Å². The van der Waals surface area contributed by atoms with E-state index in [1.54, 1.807) is 12.4 Å². The standard InChI is InChI=1S/C12H11BrN2O/c1-8-2-3-10(13)9(6-8)11(16)7-12-14-4-5-15-12/h2-6H,7H2,1H3,(H,14,15). The van der Waals surface area contributed by atoms with Crippen molar-refractivity contribution in [2.45, 2.75) is 13.3 Å². The number of aromatic amines is 1. The number of carbonyl (C=O) groups excluding carboxylic acids is 1. The number of benzene rings is 1. The van der Waals surface area contributed by atoms with Crippen molar-refractivity contribution in [1.82, 2.24) is 9.97 Å². The fourth-order valence-corrected chi connectivity index (χ4v) is 1.96. The zero-order chi connectivity index (χ0) is 11.5. The molecule has 2 aromatic rings. The Hall–Kier alpha value is -1.42. The number of halogens is 1. The first kappa shape index (κ1) is 11.1. The average molecular weight is 279 g/mol. The van der Waals surface area contributed by atoms with Crippen LogP contribution in [0.15, 0.2) is 35.1 Å². The lowest BCUT2D eigenvalue weighted by Gasteiger charge is -2.03. The van der Waals surface area contributed by atoms with E-state index in [0.29, 0.717) is 17.8 Å². The van der Waals surface area contributed by atoms with E-state index in [4.69, 9.17) is 0 Å². The molecule has 4 heteroatoms. The van der Waals surface area contributed by atoms with Gasteiger partial charge < -0.3 is 4.98 Å². The SMILES string of the molecule is Cc1ccc(Br)c(C(=O)Cc2ncc[nH]2)c1. The summed E-state index contributed by atoms with van der Waals surface area (Å²) in [5.74, 6) is 0.754. The quantitative estimate of drug-likeness (QED) is 0.878. The number of H-pyrrole nitrogens is 1. The second-order valence-electron chi connectivity index (χ2n) is 3.62. The fourth-order valence-electron chi connectivity index (χ4n) is 1.49. The number of hydrogen-bond donors (Lipinski definition) is 1. The van der Waals surface area contributed by atoms with Crippen LogP contribution in [-0.4, -0.2) is 15.8 Å². The van der Waals surface area contributed by atoms with Gasteiger partial charge in [-0.15, -0.1) is 0 Å². The summed E-state index contributed by atoms with van der Waals surface area (Å²) in [5.41, 5.74) is 1.78. The summed E-state index contributed by atoms with van der Waals surface area (Å²) in [7, 11) is 0. The van der Waals surface area contributed by atoms with Gasteiger partial charge in [0, 0.05) is 22.4 Å². The number of rotatable bonds is 3. The first-order valence-electron chi connectivity index (χ1n) is 4.94. The third-order valence-electron chi connectivity index (χ3n) is 2.31.